The number of hydrogen-bond acceptors (Lipinski definition) is 4. The summed E-state index contributed by atoms with van der Waals surface area (Å²) >= 11 is 32.6. The highest BCUT2D eigenvalue weighted by atomic mass is 35.5. The number of carbonyl (C=O) groups excluding carboxylic acids is 1. The third-order valence-corrected chi connectivity index (χ3v) is 7.52. The molecule has 3 unspecified atom stereocenters. The van der Waals surface area contributed by atoms with Gasteiger partial charge in [0, 0.05) is 5.69 Å². The molecule has 0 saturated heterocycles. The standard InChI is InChI=1S/C19H14Cl5NO3/c20-16(21)10-11-17(22,28)19(24,25-12-6-2-1-3-7-12)18(16,23)15(27)13-8-4-5-9-14(13)26/h1-11,25-26,28H. The number of carbonyl (C=O) groups is 1. The second kappa shape index (κ2) is 7.28. The molecule has 0 spiro atoms. The number of hydrogen-bond donors (Lipinski definition) is 3. The molecule has 0 saturated carbocycles. The lowest BCUT2D eigenvalue weighted by atomic mass is 9.78. The topological polar surface area (TPSA) is 69.6 Å². The Morgan fingerprint density at radius 1 is 0.857 bits per heavy atom. The zero-order chi connectivity index (χ0) is 20.8. The van der Waals surface area contributed by atoms with E-state index < -0.39 is 25.0 Å². The van der Waals surface area contributed by atoms with Gasteiger partial charge in [-0.15, -0.1) is 11.6 Å². The van der Waals surface area contributed by atoms with Gasteiger partial charge >= 0.3 is 0 Å². The molecule has 0 heterocycles. The lowest BCUT2D eigenvalue weighted by molar-refractivity contribution is 0.0736. The van der Waals surface area contributed by atoms with Gasteiger partial charge in [0.1, 0.15) is 5.75 Å². The van der Waals surface area contributed by atoms with Crippen molar-refractivity contribution in [2.75, 3.05) is 5.32 Å². The number of para-hydroxylation sites is 2. The number of nitrogens with one attached hydrogen (secondary N) is 1. The van der Waals surface area contributed by atoms with Crippen LogP contribution in [0.3, 0.4) is 0 Å². The lowest BCUT2D eigenvalue weighted by Gasteiger charge is -2.53. The van der Waals surface area contributed by atoms with Crippen LogP contribution in [-0.4, -0.2) is 35.3 Å². The molecule has 28 heavy (non-hydrogen) atoms. The summed E-state index contributed by atoms with van der Waals surface area (Å²) in [5, 5.41) is 21.4. The number of aliphatic hydroxyl groups is 1. The van der Waals surface area contributed by atoms with Crippen LogP contribution < -0.4 is 5.32 Å². The zero-order valence-corrected chi connectivity index (χ0v) is 17.8. The van der Waals surface area contributed by atoms with Crippen molar-refractivity contribution in [1.82, 2.24) is 0 Å². The van der Waals surface area contributed by atoms with Crippen LogP contribution in [0, 0.1) is 0 Å². The molecule has 148 valence electrons. The Labute approximate surface area is 186 Å². The molecule has 0 radical (unpaired) electrons. The Hall–Kier alpha value is -1.14. The van der Waals surface area contributed by atoms with Gasteiger partial charge in [-0.25, -0.2) is 0 Å². The molecule has 4 nitrogen and oxygen atoms in total. The van der Waals surface area contributed by atoms with Crippen molar-refractivity contribution in [1.29, 1.82) is 0 Å². The molecule has 3 N–H and O–H groups in total. The van der Waals surface area contributed by atoms with E-state index in [2.05, 4.69) is 5.32 Å². The first-order valence-electron chi connectivity index (χ1n) is 7.99. The van der Waals surface area contributed by atoms with E-state index in [1.807, 2.05) is 0 Å². The number of aromatic hydroxyl groups is 1. The zero-order valence-electron chi connectivity index (χ0n) is 14.0. The van der Waals surface area contributed by atoms with Gasteiger partial charge in [0.2, 0.25) is 0 Å². The molecular weight excluding hydrogens is 467 g/mol. The van der Waals surface area contributed by atoms with E-state index >= 15 is 0 Å². The average molecular weight is 482 g/mol. The monoisotopic (exact) mass is 479 g/mol. The van der Waals surface area contributed by atoms with Crippen LogP contribution in [0.15, 0.2) is 66.7 Å². The van der Waals surface area contributed by atoms with E-state index in [1.54, 1.807) is 30.3 Å². The van der Waals surface area contributed by atoms with Crippen molar-refractivity contribution in [3.8, 4) is 5.75 Å². The van der Waals surface area contributed by atoms with Gasteiger partial charge in [0.05, 0.1) is 5.56 Å². The fraction of sp³-hybridized carbons (Fsp3) is 0.211. The summed E-state index contributed by atoms with van der Waals surface area (Å²) < 4.78 is -2.10. The van der Waals surface area contributed by atoms with E-state index in [4.69, 9.17) is 58.0 Å². The number of ketones is 1. The maximum atomic E-state index is 13.5. The minimum absolute atomic E-state index is 0.189. The molecule has 0 fully saturated rings. The summed E-state index contributed by atoms with van der Waals surface area (Å²) in [6.07, 6.45) is 2.14. The predicted molar refractivity (Wildman–Crippen MR) is 114 cm³/mol. The Kier molecular flexibility index (Phi) is 5.61. The highest BCUT2D eigenvalue weighted by Gasteiger charge is 2.74. The molecule has 2 aromatic carbocycles. The van der Waals surface area contributed by atoms with Crippen LogP contribution in [-0.2, 0) is 0 Å². The minimum Gasteiger partial charge on any atom is -0.507 e. The van der Waals surface area contributed by atoms with E-state index in [-0.39, 0.29) is 11.3 Å². The van der Waals surface area contributed by atoms with Gasteiger partial charge in [0.25, 0.3) is 0 Å². The minimum atomic E-state index is -2.44. The normalized spacial score (nSPS) is 31.4. The van der Waals surface area contributed by atoms with Crippen molar-refractivity contribution in [3.63, 3.8) is 0 Å². The number of halogens is 5. The fourth-order valence-corrected chi connectivity index (χ4v) is 4.71. The van der Waals surface area contributed by atoms with Crippen molar-refractivity contribution >= 4 is 69.5 Å². The Morgan fingerprint density at radius 3 is 2.04 bits per heavy atom. The highest BCUT2D eigenvalue weighted by molar-refractivity contribution is 6.62. The fourth-order valence-electron chi connectivity index (χ4n) is 2.97. The van der Waals surface area contributed by atoms with Crippen molar-refractivity contribution in [2.45, 2.75) is 19.3 Å². The SMILES string of the molecule is O=C(c1ccccc1O)C1(Cl)C(Cl)(Cl)C=CC(O)(Cl)C1(Cl)Nc1ccccc1. The van der Waals surface area contributed by atoms with E-state index in [0.29, 0.717) is 5.69 Å². The third-order valence-electron chi connectivity index (χ3n) is 4.48. The Balaban J connectivity index is 2.25. The molecule has 0 aliphatic heterocycles. The summed E-state index contributed by atoms with van der Waals surface area (Å²) in [4.78, 5) is 8.71. The van der Waals surface area contributed by atoms with Crippen LogP contribution in [0.25, 0.3) is 0 Å². The lowest BCUT2D eigenvalue weighted by Crippen LogP contribution is -2.73. The van der Waals surface area contributed by atoms with Gasteiger partial charge in [-0.3, -0.25) is 4.79 Å². The van der Waals surface area contributed by atoms with Crippen molar-refractivity contribution < 1.29 is 15.0 Å². The number of benzene rings is 2. The smallest absolute Gasteiger partial charge is 0.197 e. The Morgan fingerprint density at radius 2 is 1.43 bits per heavy atom. The van der Waals surface area contributed by atoms with Crippen molar-refractivity contribution in [3.05, 3.63) is 72.3 Å². The van der Waals surface area contributed by atoms with Crippen LogP contribution >= 0.6 is 58.0 Å². The van der Waals surface area contributed by atoms with Gasteiger partial charge < -0.3 is 15.5 Å². The van der Waals surface area contributed by atoms with Crippen molar-refractivity contribution in [2.24, 2.45) is 0 Å². The van der Waals surface area contributed by atoms with Gasteiger partial charge in [-0.05, 0) is 36.4 Å². The number of rotatable bonds is 4. The van der Waals surface area contributed by atoms with E-state index in [0.717, 1.165) is 12.2 Å². The number of Topliss-reactive ketones (excluding diaryl/α,β-unsaturated/α-hetero) is 1. The van der Waals surface area contributed by atoms with Crippen LogP contribution in [0.5, 0.6) is 5.75 Å². The predicted octanol–water partition coefficient (Wildman–Crippen LogP) is 5.27. The molecule has 1 aliphatic carbocycles. The van der Waals surface area contributed by atoms with Crippen LogP contribution in [0.1, 0.15) is 10.4 Å². The first kappa shape index (κ1) is 21.6. The average Bonchev–Trinajstić information content (AvgIpc) is 2.65. The van der Waals surface area contributed by atoms with E-state index in [9.17, 15) is 15.0 Å². The number of phenols is 1. The highest BCUT2D eigenvalue weighted by Crippen LogP contribution is 2.60. The first-order chi connectivity index (χ1) is 13.0. The summed E-state index contributed by atoms with van der Waals surface area (Å²) in [7, 11) is 0. The largest absolute Gasteiger partial charge is 0.507 e. The molecule has 2 aromatic rings. The molecule has 1 aliphatic rings. The number of anilines is 1. The molecule has 0 bridgehead atoms. The molecular formula is C19H14Cl5NO3. The van der Waals surface area contributed by atoms with E-state index in [1.165, 1.54) is 24.3 Å². The molecule has 3 rings (SSSR count). The van der Waals surface area contributed by atoms with Crippen LogP contribution in [0.2, 0.25) is 0 Å². The summed E-state index contributed by atoms with van der Waals surface area (Å²) in [6, 6.07) is 14.1. The summed E-state index contributed by atoms with van der Waals surface area (Å²) in [5.41, 5.74) is 0.206. The van der Waals surface area contributed by atoms with Gasteiger partial charge in [-0.1, -0.05) is 76.7 Å². The van der Waals surface area contributed by atoms with Crippen LogP contribution in [0.4, 0.5) is 5.69 Å². The third kappa shape index (κ3) is 3.17. The maximum absolute atomic E-state index is 13.5. The molecule has 0 amide bonds. The second-order valence-electron chi connectivity index (χ2n) is 6.28. The second-order valence-corrected chi connectivity index (χ2v) is 9.38. The van der Waals surface area contributed by atoms with Gasteiger partial charge in [0.15, 0.2) is 25.0 Å². The number of alkyl halides is 5. The first-order valence-corrected chi connectivity index (χ1v) is 9.88. The summed E-state index contributed by atoms with van der Waals surface area (Å²) in [6.45, 7) is 0. The number of allylic oxidation sites excluding steroid dienone is 1. The molecule has 3 atom stereocenters. The maximum Gasteiger partial charge on any atom is 0.197 e. The molecule has 0 aromatic heterocycles. The quantitative estimate of drug-likeness (QED) is 0.241. The molecule has 9 heteroatoms. The Bertz CT molecular complexity index is 934. The van der Waals surface area contributed by atoms with Gasteiger partial charge in [-0.2, -0.15) is 0 Å². The summed E-state index contributed by atoms with van der Waals surface area (Å²) in [5.74, 6) is -1.29. The number of phenolic OH excluding ortho intramolecular Hbond substituents is 1.